The molecule has 0 aromatic carbocycles. The third kappa shape index (κ3) is 3.04. The van der Waals surface area contributed by atoms with Crippen molar-refractivity contribution >= 4 is 27.7 Å². The number of anilines is 1. The minimum absolute atomic E-state index is 0.0508. The summed E-state index contributed by atoms with van der Waals surface area (Å²) < 4.78 is 0.905. The van der Waals surface area contributed by atoms with Crippen LogP contribution in [0.15, 0.2) is 16.7 Å². The zero-order valence-corrected chi connectivity index (χ0v) is 11.4. The number of nitrogens with two attached hydrogens (primary N) is 1. The minimum atomic E-state index is -0.284. The molecule has 0 saturated heterocycles. The van der Waals surface area contributed by atoms with E-state index in [4.69, 9.17) is 5.73 Å². The van der Waals surface area contributed by atoms with Crippen LogP contribution in [0.2, 0.25) is 0 Å². The molecular formula is C12H16BrN3O. The van der Waals surface area contributed by atoms with E-state index >= 15 is 0 Å². The van der Waals surface area contributed by atoms with Gasteiger partial charge in [0.2, 0.25) is 5.91 Å². The average molecular weight is 298 g/mol. The van der Waals surface area contributed by atoms with Crippen molar-refractivity contribution in [2.24, 2.45) is 5.73 Å². The Morgan fingerprint density at radius 3 is 2.88 bits per heavy atom. The number of nitrogens with one attached hydrogen (secondary N) is 1. The largest absolute Gasteiger partial charge is 0.325 e. The maximum absolute atomic E-state index is 11.8. The lowest BCUT2D eigenvalue weighted by molar-refractivity contribution is -0.118. The van der Waals surface area contributed by atoms with Crippen molar-refractivity contribution in [2.75, 3.05) is 5.32 Å². The molecule has 92 valence electrons. The Hall–Kier alpha value is -0.940. The van der Waals surface area contributed by atoms with E-state index in [2.05, 4.69) is 26.2 Å². The van der Waals surface area contributed by atoms with Crippen molar-refractivity contribution in [2.45, 2.75) is 38.1 Å². The number of aryl methyl sites for hydroxylation is 1. The van der Waals surface area contributed by atoms with Crippen LogP contribution in [-0.4, -0.2) is 16.4 Å². The van der Waals surface area contributed by atoms with Crippen molar-refractivity contribution in [3.63, 3.8) is 0 Å². The number of rotatable bonds is 3. The van der Waals surface area contributed by atoms with E-state index in [1.807, 2.05) is 13.0 Å². The number of hydrogen-bond acceptors (Lipinski definition) is 3. The van der Waals surface area contributed by atoms with Crippen LogP contribution in [0, 0.1) is 6.92 Å². The predicted molar refractivity (Wildman–Crippen MR) is 70.7 cm³/mol. The second-order valence-corrected chi connectivity index (χ2v) is 5.68. The van der Waals surface area contributed by atoms with E-state index in [9.17, 15) is 4.79 Å². The van der Waals surface area contributed by atoms with Crippen molar-refractivity contribution in [1.82, 2.24) is 4.98 Å². The molecule has 0 bridgehead atoms. The molecule has 0 atom stereocenters. The van der Waals surface area contributed by atoms with Gasteiger partial charge < -0.3 is 11.1 Å². The Morgan fingerprint density at radius 2 is 2.35 bits per heavy atom. The number of carbonyl (C=O) groups is 1. The number of hydrogen-bond donors (Lipinski definition) is 2. The van der Waals surface area contributed by atoms with Gasteiger partial charge in [0.1, 0.15) is 5.82 Å². The van der Waals surface area contributed by atoms with Gasteiger partial charge in [0.05, 0.1) is 0 Å². The Balaban J connectivity index is 1.98. The number of amides is 1. The van der Waals surface area contributed by atoms with E-state index in [0.29, 0.717) is 12.2 Å². The third-order valence-corrected chi connectivity index (χ3v) is 3.60. The normalized spacial score (nSPS) is 17.4. The van der Waals surface area contributed by atoms with Crippen LogP contribution in [0.4, 0.5) is 5.82 Å². The van der Waals surface area contributed by atoms with Gasteiger partial charge in [-0.3, -0.25) is 4.79 Å². The summed E-state index contributed by atoms with van der Waals surface area (Å²) in [7, 11) is 0. The molecule has 1 saturated carbocycles. The van der Waals surface area contributed by atoms with E-state index in [1.54, 1.807) is 6.20 Å². The standard InChI is InChI=1S/C12H16BrN3O/c1-8-5-9(13)7-15-11(8)16-10(17)6-12(14)3-2-4-12/h5,7H,2-4,6,14H2,1H3,(H,15,16,17). The number of pyridine rings is 1. The number of carbonyl (C=O) groups excluding carboxylic acids is 1. The first-order chi connectivity index (χ1) is 7.98. The fourth-order valence-electron chi connectivity index (χ4n) is 1.98. The van der Waals surface area contributed by atoms with Gasteiger partial charge in [-0.15, -0.1) is 0 Å². The van der Waals surface area contributed by atoms with E-state index in [0.717, 1.165) is 29.3 Å². The van der Waals surface area contributed by atoms with Crippen molar-refractivity contribution in [3.05, 3.63) is 22.3 Å². The molecule has 3 N–H and O–H groups in total. The summed E-state index contributed by atoms with van der Waals surface area (Å²) in [4.78, 5) is 16.0. The zero-order valence-electron chi connectivity index (χ0n) is 9.79. The van der Waals surface area contributed by atoms with Crippen LogP contribution >= 0.6 is 15.9 Å². The highest BCUT2D eigenvalue weighted by Crippen LogP contribution is 2.32. The molecule has 0 aliphatic heterocycles. The van der Waals surface area contributed by atoms with Gasteiger partial charge >= 0.3 is 0 Å². The van der Waals surface area contributed by atoms with Gasteiger partial charge in [0, 0.05) is 22.6 Å². The molecule has 2 rings (SSSR count). The quantitative estimate of drug-likeness (QED) is 0.900. The SMILES string of the molecule is Cc1cc(Br)cnc1NC(=O)CC1(N)CCC1. The Morgan fingerprint density at radius 1 is 1.65 bits per heavy atom. The topological polar surface area (TPSA) is 68.0 Å². The summed E-state index contributed by atoms with van der Waals surface area (Å²) in [6.45, 7) is 1.91. The summed E-state index contributed by atoms with van der Waals surface area (Å²) in [5, 5.41) is 2.81. The van der Waals surface area contributed by atoms with Gasteiger partial charge in [-0.2, -0.15) is 0 Å². The van der Waals surface area contributed by atoms with Crippen molar-refractivity contribution < 1.29 is 4.79 Å². The van der Waals surface area contributed by atoms with Crippen LogP contribution in [0.3, 0.4) is 0 Å². The molecule has 1 aliphatic rings. The lowest BCUT2D eigenvalue weighted by atomic mass is 9.75. The smallest absolute Gasteiger partial charge is 0.227 e. The van der Waals surface area contributed by atoms with Crippen LogP contribution in [0.5, 0.6) is 0 Å². The molecule has 1 fully saturated rings. The number of halogens is 1. The third-order valence-electron chi connectivity index (χ3n) is 3.16. The lowest BCUT2D eigenvalue weighted by Crippen LogP contribution is -2.49. The highest BCUT2D eigenvalue weighted by Gasteiger charge is 2.34. The molecule has 1 aromatic rings. The van der Waals surface area contributed by atoms with Gasteiger partial charge in [-0.1, -0.05) is 0 Å². The molecule has 17 heavy (non-hydrogen) atoms. The maximum atomic E-state index is 11.8. The minimum Gasteiger partial charge on any atom is -0.325 e. The lowest BCUT2D eigenvalue weighted by Gasteiger charge is -2.37. The van der Waals surface area contributed by atoms with Gasteiger partial charge in [-0.25, -0.2) is 4.98 Å². The maximum Gasteiger partial charge on any atom is 0.227 e. The van der Waals surface area contributed by atoms with Crippen LogP contribution in [0.25, 0.3) is 0 Å². The molecule has 1 aromatic heterocycles. The van der Waals surface area contributed by atoms with E-state index < -0.39 is 0 Å². The summed E-state index contributed by atoms with van der Waals surface area (Å²) in [6, 6.07) is 1.92. The second-order valence-electron chi connectivity index (χ2n) is 4.76. The molecular weight excluding hydrogens is 282 g/mol. The molecule has 0 radical (unpaired) electrons. The Labute approximate surface area is 109 Å². The molecule has 0 unspecified atom stereocenters. The molecule has 4 nitrogen and oxygen atoms in total. The molecule has 5 heteroatoms. The number of aromatic nitrogens is 1. The summed E-state index contributed by atoms with van der Waals surface area (Å²) in [6.07, 6.45) is 5.05. The number of nitrogens with zero attached hydrogens (tertiary/aromatic N) is 1. The first kappa shape index (κ1) is 12.5. The van der Waals surface area contributed by atoms with Crippen molar-refractivity contribution in [3.8, 4) is 0 Å². The highest BCUT2D eigenvalue weighted by molar-refractivity contribution is 9.10. The summed E-state index contributed by atoms with van der Waals surface area (Å²) >= 11 is 3.34. The van der Waals surface area contributed by atoms with Crippen LogP contribution in [0.1, 0.15) is 31.2 Å². The van der Waals surface area contributed by atoms with Crippen LogP contribution < -0.4 is 11.1 Å². The molecule has 1 aliphatic carbocycles. The molecule has 1 heterocycles. The van der Waals surface area contributed by atoms with Gasteiger partial charge in [-0.05, 0) is 53.7 Å². The Bertz CT molecular complexity index is 443. The monoisotopic (exact) mass is 297 g/mol. The first-order valence-corrected chi connectivity index (χ1v) is 6.49. The average Bonchev–Trinajstić information content (AvgIpc) is 2.20. The Kier molecular flexibility index (Phi) is 3.49. The first-order valence-electron chi connectivity index (χ1n) is 5.69. The van der Waals surface area contributed by atoms with Crippen LogP contribution in [-0.2, 0) is 4.79 Å². The molecule has 0 spiro atoms. The predicted octanol–water partition coefficient (Wildman–Crippen LogP) is 2.36. The molecule has 1 amide bonds. The van der Waals surface area contributed by atoms with E-state index in [1.165, 1.54) is 0 Å². The highest BCUT2D eigenvalue weighted by atomic mass is 79.9. The van der Waals surface area contributed by atoms with Gasteiger partial charge in [0.25, 0.3) is 0 Å². The fraction of sp³-hybridized carbons (Fsp3) is 0.500. The van der Waals surface area contributed by atoms with Gasteiger partial charge in [0.15, 0.2) is 0 Å². The second kappa shape index (κ2) is 4.74. The zero-order chi connectivity index (χ0) is 12.5. The van der Waals surface area contributed by atoms with Crippen molar-refractivity contribution in [1.29, 1.82) is 0 Å². The summed E-state index contributed by atoms with van der Waals surface area (Å²) in [5.41, 5.74) is 6.68. The van der Waals surface area contributed by atoms with E-state index in [-0.39, 0.29) is 11.4 Å². The summed E-state index contributed by atoms with van der Waals surface area (Å²) in [5.74, 6) is 0.561. The fourth-order valence-corrected chi connectivity index (χ4v) is 2.42.